The van der Waals surface area contributed by atoms with Crippen LogP contribution in [-0.2, 0) is 16.0 Å². The molecule has 7 heteroatoms. The van der Waals surface area contributed by atoms with Gasteiger partial charge in [0.1, 0.15) is 11.5 Å². The maximum Gasteiger partial charge on any atom is 0.236 e. The summed E-state index contributed by atoms with van der Waals surface area (Å²) in [5.41, 5.74) is 1.02. The van der Waals surface area contributed by atoms with E-state index in [0.717, 1.165) is 11.3 Å². The third-order valence-corrected chi connectivity index (χ3v) is 5.01. The molecule has 1 aliphatic heterocycles. The van der Waals surface area contributed by atoms with E-state index in [9.17, 15) is 9.59 Å². The van der Waals surface area contributed by atoms with Crippen LogP contribution in [0.2, 0.25) is 0 Å². The van der Waals surface area contributed by atoms with Crippen molar-refractivity contribution in [3.63, 3.8) is 0 Å². The van der Waals surface area contributed by atoms with E-state index in [1.54, 1.807) is 11.9 Å². The number of hydrogen-bond acceptors (Lipinski definition) is 5. The van der Waals surface area contributed by atoms with Crippen LogP contribution >= 0.6 is 0 Å². The molecule has 7 nitrogen and oxygen atoms in total. The van der Waals surface area contributed by atoms with Crippen LogP contribution < -0.4 is 5.32 Å². The summed E-state index contributed by atoms with van der Waals surface area (Å²) in [4.78, 5) is 28.7. The Labute approximate surface area is 159 Å². The Balaban J connectivity index is 1.78. The van der Waals surface area contributed by atoms with Crippen LogP contribution in [0, 0.1) is 5.41 Å². The van der Waals surface area contributed by atoms with Crippen molar-refractivity contribution in [1.29, 1.82) is 0 Å². The summed E-state index contributed by atoms with van der Waals surface area (Å²) in [5, 5.41) is 6.90. The lowest BCUT2D eigenvalue weighted by molar-refractivity contribution is -0.133. The van der Waals surface area contributed by atoms with Gasteiger partial charge in [-0.2, -0.15) is 0 Å². The lowest BCUT2D eigenvalue weighted by Crippen LogP contribution is -2.45. The van der Waals surface area contributed by atoms with Gasteiger partial charge in [-0.1, -0.05) is 35.5 Å². The molecule has 0 bridgehead atoms. The van der Waals surface area contributed by atoms with Gasteiger partial charge in [-0.3, -0.25) is 9.59 Å². The Morgan fingerprint density at radius 3 is 2.70 bits per heavy atom. The molecule has 0 aliphatic carbocycles. The van der Waals surface area contributed by atoms with Crippen molar-refractivity contribution in [3.8, 4) is 11.3 Å². The predicted molar refractivity (Wildman–Crippen MR) is 102 cm³/mol. The quantitative estimate of drug-likeness (QED) is 0.832. The normalized spacial score (nSPS) is 19.5. The molecule has 2 heterocycles. The van der Waals surface area contributed by atoms with Crippen LogP contribution in [0.25, 0.3) is 11.3 Å². The first-order chi connectivity index (χ1) is 12.9. The van der Waals surface area contributed by atoms with Gasteiger partial charge < -0.3 is 19.6 Å². The lowest BCUT2D eigenvalue weighted by atomic mass is 9.81. The van der Waals surface area contributed by atoms with Gasteiger partial charge in [0.15, 0.2) is 0 Å². The van der Waals surface area contributed by atoms with E-state index in [1.807, 2.05) is 55.4 Å². The Morgan fingerprint density at radius 1 is 1.30 bits per heavy atom. The molecular weight excluding hydrogens is 344 g/mol. The number of carbonyl (C=O) groups excluding carboxylic acids is 2. The molecule has 1 fully saturated rings. The third kappa shape index (κ3) is 4.19. The highest BCUT2D eigenvalue weighted by Crippen LogP contribution is 2.35. The van der Waals surface area contributed by atoms with Crippen molar-refractivity contribution in [2.45, 2.75) is 12.8 Å². The van der Waals surface area contributed by atoms with Gasteiger partial charge in [-0.25, -0.2) is 0 Å². The first-order valence-corrected chi connectivity index (χ1v) is 9.09. The Bertz CT molecular complexity index is 803. The Kier molecular flexibility index (Phi) is 5.60. The van der Waals surface area contributed by atoms with Crippen LogP contribution in [0.3, 0.4) is 0 Å². The van der Waals surface area contributed by atoms with E-state index in [0.29, 0.717) is 38.2 Å². The second-order valence-corrected chi connectivity index (χ2v) is 7.38. The molecule has 27 heavy (non-hydrogen) atoms. The molecule has 1 N–H and O–H groups in total. The molecule has 0 spiro atoms. The largest absolute Gasteiger partial charge is 0.361 e. The second-order valence-electron chi connectivity index (χ2n) is 7.38. The number of aromatic nitrogens is 1. The van der Waals surface area contributed by atoms with E-state index in [-0.39, 0.29) is 11.8 Å². The molecule has 144 valence electrons. The van der Waals surface area contributed by atoms with Gasteiger partial charge >= 0.3 is 0 Å². The first-order valence-electron chi connectivity index (χ1n) is 9.09. The number of benzene rings is 1. The molecule has 1 aliphatic rings. The molecule has 1 saturated heterocycles. The average molecular weight is 370 g/mol. The molecule has 3 rings (SSSR count). The van der Waals surface area contributed by atoms with Crippen LogP contribution in [0.5, 0.6) is 0 Å². The van der Waals surface area contributed by atoms with Crippen molar-refractivity contribution in [1.82, 2.24) is 20.3 Å². The highest BCUT2D eigenvalue weighted by Gasteiger charge is 2.46. The summed E-state index contributed by atoms with van der Waals surface area (Å²) in [6, 6.07) is 11.6. The summed E-state index contributed by atoms with van der Waals surface area (Å²) in [6.45, 7) is 1.30. The molecule has 0 saturated carbocycles. The van der Waals surface area contributed by atoms with Crippen LogP contribution in [0.15, 0.2) is 40.9 Å². The van der Waals surface area contributed by atoms with E-state index in [4.69, 9.17) is 4.52 Å². The van der Waals surface area contributed by atoms with E-state index < -0.39 is 5.41 Å². The van der Waals surface area contributed by atoms with Crippen molar-refractivity contribution in [2.24, 2.45) is 5.41 Å². The number of hydrogen-bond donors (Lipinski definition) is 1. The standard InChI is InChI=1S/C20H26N4O3/c1-21-19(26)20(9-10-24(14-20)18(25)13-23(2)3)12-16-11-17(22-27-16)15-7-5-4-6-8-15/h4-8,11H,9-10,12-14H2,1-3H3,(H,21,26)/t20-/m0/s1. The third-order valence-electron chi connectivity index (χ3n) is 5.01. The lowest BCUT2D eigenvalue weighted by Gasteiger charge is -2.26. The maximum absolute atomic E-state index is 12.7. The monoisotopic (exact) mass is 370 g/mol. The minimum absolute atomic E-state index is 0.0355. The number of amides is 2. The van der Waals surface area contributed by atoms with Gasteiger partial charge in [-0.05, 0) is 20.5 Å². The van der Waals surface area contributed by atoms with Crippen molar-refractivity contribution >= 4 is 11.8 Å². The molecule has 1 atom stereocenters. The van der Waals surface area contributed by atoms with Gasteiger partial charge in [0, 0.05) is 38.2 Å². The highest BCUT2D eigenvalue weighted by atomic mass is 16.5. The number of nitrogens with one attached hydrogen (secondary N) is 1. The van der Waals surface area contributed by atoms with Gasteiger partial charge in [0.05, 0.1) is 12.0 Å². The van der Waals surface area contributed by atoms with Crippen molar-refractivity contribution in [3.05, 3.63) is 42.2 Å². The van der Waals surface area contributed by atoms with Crippen LogP contribution in [0.1, 0.15) is 12.2 Å². The Hall–Kier alpha value is -2.67. The molecule has 2 amide bonds. The highest BCUT2D eigenvalue weighted by molar-refractivity contribution is 5.86. The summed E-state index contributed by atoms with van der Waals surface area (Å²) in [7, 11) is 5.35. The molecule has 0 radical (unpaired) electrons. The fourth-order valence-corrected chi connectivity index (χ4v) is 3.61. The zero-order chi connectivity index (χ0) is 19.4. The van der Waals surface area contributed by atoms with Gasteiger partial charge in [0.25, 0.3) is 0 Å². The zero-order valence-corrected chi connectivity index (χ0v) is 16.1. The van der Waals surface area contributed by atoms with Crippen LogP contribution in [-0.4, -0.2) is 67.5 Å². The molecule has 1 aromatic heterocycles. The van der Waals surface area contributed by atoms with E-state index >= 15 is 0 Å². The number of carbonyl (C=O) groups is 2. The van der Waals surface area contributed by atoms with E-state index in [1.165, 1.54) is 0 Å². The summed E-state index contributed by atoms with van der Waals surface area (Å²) < 4.78 is 5.52. The first kappa shape index (κ1) is 19.1. The number of nitrogens with zero attached hydrogens (tertiary/aromatic N) is 3. The molecule has 2 aromatic rings. The minimum Gasteiger partial charge on any atom is -0.361 e. The summed E-state index contributed by atoms with van der Waals surface area (Å²) >= 11 is 0. The minimum atomic E-state index is -0.690. The fraction of sp³-hybridized carbons (Fsp3) is 0.450. The number of rotatable bonds is 6. The number of likely N-dealkylation sites (N-methyl/N-ethyl adjacent to an activating group) is 1. The smallest absolute Gasteiger partial charge is 0.236 e. The molecular formula is C20H26N4O3. The SMILES string of the molecule is CNC(=O)[C@]1(Cc2cc(-c3ccccc3)no2)CCN(C(=O)CN(C)C)C1. The topological polar surface area (TPSA) is 78.7 Å². The van der Waals surface area contributed by atoms with Crippen LogP contribution in [0.4, 0.5) is 0 Å². The Morgan fingerprint density at radius 2 is 2.04 bits per heavy atom. The predicted octanol–water partition coefficient (Wildman–Crippen LogP) is 1.41. The maximum atomic E-state index is 12.7. The molecule has 0 unspecified atom stereocenters. The summed E-state index contributed by atoms with van der Waals surface area (Å²) in [6.07, 6.45) is 1.02. The fourth-order valence-electron chi connectivity index (χ4n) is 3.61. The van der Waals surface area contributed by atoms with Gasteiger partial charge in [-0.15, -0.1) is 0 Å². The average Bonchev–Trinajstić information content (AvgIpc) is 3.30. The zero-order valence-electron chi connectivity index (χ0n) is 16.1. The van der Waals surface area contributed by atoms with E-state index in [2.05, 4.69) is 10.5 Å². The molecule has 1 aromatic carbocycles. The number of likely N-dealkylation sites (tertiary alicyclic amines) is 1. The second kappa shape index (κ2) is 7.92. The van der Waals surface area contributed by atoms with Gasteiger partial charge in [0.2, 0.25) is 11.8 Å². The summed E-state index contributed by atoms with van der Waals surface area (Å²) in [5.74, 6) is 0.619. The van der Waals surface area contributed by atoms with Crippen molar-refractivity contribution < 1.29 is 14.1 Å². The van der Waals surface area contributed by atoms with Crippen molar-refractivity contribution in [2.75, 3.05) is 40.8 Å².